The van der Waals surface area contributed by atoms with Gasteiger partial charge in [0.1, 0.15) is 12.0 Å². The van der Waals surface area contributed by atoms with E-state index in [0.717, 1.165) is 25.7 Å². The summed E-state index contributed by atoms with van der Waals surface area (Å²) in [6.45, 7) is 0.519. The van der Waals surface area contributed by atoms with E-state index in [1.807, 2.05) is 0 Å². The van der Waals surface area contributed by atoms with Gasteiger partial charge in [0.25, 0.3) is 0 Å². The maximum atomic E-state index is 12.3. The van der Waals surface area contributed by atoms with E-state index in [-0.39, 0.29) is 33.7 Å². The third-order valence-corrected chi connectivity index (χ3v) is 4.12. The van der Waals surface area contributed by atoms with Gasteiger partial charge in [-0.1, -0.05) is 36.0 Å². The van der Waals surface area contributed by atoms with Gasteiger partial charge in [-0.2, -0.15) is 0 Å². The van der Waals surface area contributed by atoms with Gasteiger partial charge in [-0.25, -0.2) is 9.97 Å². The van der Waals surface area contributed by atoms with Crippen molar-refractivity contribution in [3.05, 3.63) is 16.6 Å². The van der Waals surface area contributed by atoms with E-state index in [9.17, 15) is 4.79 Å². The number of nitrogens with one attached hydrogen (secondary N) is 1. The fraction of sp³-hybridized carbons (Fsp3) is 0.583. The minimum atomic E-state index is -0.103. The zero-order valence-electron chi connectivity index (χ0n) is 10.4. The van der Waals surface area contributed by atoms with Crippen LogP contribution >= 0.6 is 23.2 Å². The van der Waals surface area contributed by atoms with Crippen LogP contribution in [0.15, 0.2) is 6.33 Å². The maximum absolute atomic E-state index is 12.3. The lowest BCUT2D eigenvalue weighted by Gasteiger charge is -2.29. The topological polar surface area (TPSA) is 80.9 Å². The van der Waals surface area contributed by atoms with Gasteiger partial charge in [0.2, 0.25) is 5.91 Å². The Morgan fingerprint density at radius 1 is 1.32 bits per heavy atom. The molecule has 5 nitrogen and oxygen atoms in total. The molecule has 7 heteroatoms. The van der Waals surface area contributed by atoms with Crippen LogP contribution in [0.4, 0.5) is 5.69 Å². The Bertz CT molecular complexity index is 449. The average molecular weight is 303 g/mol. The standard InChI is InChI=1S/C12H16Cl2N4O/c13-10-9(11(14)17-6-16-10)18-12(19)8-4-2-1-3-7(8)5-15/h6-8H,1-5,15H2,(H,18,19). The van der Waals surface area contributed by atoms with Crippen molar-refractivity contribution in [1.82, 2.24) is 9.97 Å². The zero-order valence-corrected chi connectivity index (χ0v) is 11.9. The monoisotopic (exact) mass is 302 g/mol. The van der Waals surface area contributed by atoms with Crippen LogP contribution in [0.5, 0.6) is 0 Å². The number of rotatable bonds is 3. The van der Waals surface area contributed by atoms with Crippen molar-refractivity contribution in [3.63, 3.8) is 0 Å². The summed E-state index contributed by atoms with van der Waals surface area (Å²) in [5.74, 6) is 0.0239. The average Bonchev–Trinajstić information content (AvgIpc) is 2.42. The quantitative estimate of drug-likeness (QED) is 0.841. The van der Waals surface area contributed by atoms with Gasteiger partial charge in [-0.15, -0.1) is 0 Å². The highest BCUT2D eigenvalue weighted by molar-refractivity contribution is 6.38. The van der Waals surface area contributed by atoms with Crippen LogP contribution < -0.4 is 11.1 Å². The number of hydrogen-bond acceptors (Lipinski definition) is 4. The van der Waals surface area contributed by atoms with Crippen LogP contribution in [0, 0.1) is 11.8 Å². The van der Waals surface area contributed by atoms with E-state index in [4.69, 9.17) is 28.9 Å². The molecule has 1 heterocycles. The molecule has 19 heavy (non-hydrogen) atoms. The fourth-order valence-corrected chi connectivity index (χ4v) is 2.91. The van der Waals surface area contributed by atoms with E-state index >= 15 is 0 Å². The smallest absolute Gasteiger partial charge is 0.227 e. The summed E-state index contributed by atoms with van der Waals surface area (Å²) >= 11 is 11.8. The minimum absolute atomic E-state index is 0.0916. The number of nitrogens with two attached hydrogens (primary N) is 1. The Kier molecular flexibility index (Phi) is 4.96. The van der Waals surface area contributed by atoms with E-state index in [1.165, 1.54) is 6.33 Å². The molecule has 2 rings (SSSR count). The largest absolute Gasteiger partial charge is 0.330 e. The Labute approximate surface area is 121 Å². The number of nitrogens with zero attached hydrogens (tertiary/aromatic N) is 2. The van der Waals surface area contributed by atoms with Crippen LogP contribution in [-0.4, -0.2) is 22.4 Å². The molecule has 2 atom stereocenters. The lowest BCUT2D eigenvalue weighted by molar-refractivity contribution is -0.122. The zero-order chi connectivity index (χ0) is 13.8. The number of amides is 1. The van der Waals surface area contributed by atoms with Crippen LogP contribution in [0.2, 0.25) is 10.3 Å². The maximum Gasteiger partial charge on any atom is 0.227 e. The molecular weight excluding hydrogens is 287 g/mol. The Balaban J connectivity index is 2.12. The van der Waals surface area contributed by atoms with Crippen molar-refractivity contribution in [2.24, 2.45) is 17.6 Å². The number of halogens is 2. The molecule has 1 aromatic heterocycles. The second-order valence-electron chi connectivity index (χ2n) is 4.71. The summed E-state index contributed by atoms with van der Waals surface area (Å²) in [6.07, 6.45) is 5.25. The summed E-state index contributed by atoms with van der Waals surface area (Å²) < 4.78 is 0. The minimum Gasteiger partial charge on any atom is -0.330 e. The van der Waals surface area contributed by atoms with Crippen molar-refractivity contribution in [1.29, 1.82) is 0 Å². The molecule has 1 aliphatic carbocycles. The first-order valence-electron chi connectivity index (χ1n) is 6.30. The molecule has 2 unspecified atom stereocenters. The normalized spacial score (nSPS) is 23.1. The lowest BCUT2D eigenvalue weighted by atomic mass is 9.79. The second-order valence-corrected chi connectivity index (χ2v) is 5.42. The number of hydrogen-bond donors (Lipinski definition) is 2. The van der Waals surface area contributed by atoms with Gasteiger partial charge in [-0.05, 0) is 25.3 Å². The molecule has 0 saturated heterocycles. The van der Waals surface area contributed by atoms with Crippen molar-refractivity contribution < 1.29 is 4.79 Å². The SMILES string of the molecule is NCC1CCCCC1C(=O)Nc1c(Cl)ncnc1Cl. The summed E-state index contributed by atoms with van der Waals surface area (Å²) in [4.78, 5) is 19.9. The molecule has 1 amide bonds. The lowest BCUT2D eigenvalue weighted by Crippen LogP contribution is -2.35. The Hall–Kier alpha value is -0.910. The van der Waals surface area contributed by atoms with E-state index < -0.39 is 0 Å². The molecule has 1 aromatic rings. The predicted octanol–water partition coefficient (Wildman–Crippen LogP) is 2.49. The first kappa shape index (κ1) is 14.5. The molecule has 1 fully saturated rings. The number of aromatic nitrogens is 2. The fourth-order valence-electron chi connectivity index (χ4n) is 2.50. The molecule has 0 bridgehead atoms. The molecular formula is C12H16Cl2N4O. The summed E-state index contributed by atoms with van der Waals surface area (Å²) in [7, 11) is 0. The molecule has 0 spiro atoms. The predicted molar refractivity (Wildman–Crippen MR) is 75.2 cm³/mol. The number of carbonyl (C=O) groups is 1. The van der Waals surface area contributed by atoms with Crippen LogP contribution in [-0.2, 0) is 4.79 Å². The van der Waals surface area contributed by atoms with Gasteiger partial charge in [-0.3, -0.25) is 4.79 Å². The third kappa shape index (κ3) is 3.35. The first-order chi connectivity index (χ1) is 9.13. The highest BCUT2D eigenvalue weighted by Gasteiger charge is 2.30. The molecule has 1 aliphatic rings. The first-order valence-corrected chi connectivity index (χ1v) is 7.06. The highest BCUT2D eigenvalue weighted by Crippen LogP contribution is 2.32. The van der Waals surface area contributed by atoms with Crippen molar-refractivity contribution in [3.8, 4) is 0 Å². The van der Waals surface area contributed by atoms with Gasteiger partial charge in [0.05, 0.1) is 0 Å². The molecule has 0 aliphatic heterocycles. The van der Waals surface area contributed by atoms with Gasteiger partial charge in [0, 0.05) is 5.92 Å². The van der Waals surface area contributed by atoms with Crippen molar-refractivity contribution >= 4 is 34.8 Å². The Morgan fingerprint density at radius 3 is 2.58 bits per heavy atom. The third-order valence-electron chi connectivity index (χ3n) is 3.55. The van der Waals surface area contributed by atoms with Crippen LogP contribution in [0.3, 0.4) is 0 Å². The Morgan fingerprint density at radius 2 is 1.95 bits per heavy atom. The number of anilines is 1. The molecule has 104 valence electrons. The van der Waals surface area contributed by atoms with E-state index in [2.05, 4.69) is 15.3 Å². The number of carbonyl (C=O) groups excluding carboxylic acids is 1. The molecule has 0 aromatic carbocycles. The molecule has 3 N–H and O–H groups in total. The van der Waals surface area contributed by atoms with Crippen molar-refractivity contribution in [2.75, 3.05) is 11.9 Å². The summed E-state index contributed by atoms with van der Waals surface area (Å²) in [6, 6.07) is 0. The van der Waals surface area contributed by atoms with Gasteiger partial charge < -0.3 is 11.1 Å². The van der Waals surface area contributed by atoms with Crippen LogP contribution in [0.1, 0.15) is 25.7 Å². The molecule has 1 saturated carbocycles. The van der Waals surface area contributed by atoms with Crippen molar-refractivity contribution in [2.45, 2.75) is 25.7 Å². The second kappa shape index (κ2) is 6.50. The van der Waals surface area contributed by atoms with Crippen LogP contribution in [0.25, 0.3) is 0 Å². The summed E-state index contributed by atoms with van der Waals surface area (Å²) in [5.41, 5.74) is 6.00. The van der Waals surface area contributed by atoms with Gasteiger partial charge in [0.15, 0.2) is 10.3 Å². The van der Waals surface area contributed by atoms with E-state index in [1.54, 1.807) is 0 Å². The molecule has 0 radical (unpaired) electrons. The summed E-state index contributed by atoms with van der Waals surface area (Å²) in [5, 5.41) is 3.02. The van der Waals surface area contributed by atoms with E-state index in [0.29, 0.717) is 6.54 Å². The highest BCUT2D eigenvalue weighted by atomic mass is 35.5. The van der Waals surface area contributed by atoms with Gasteiger partial charge >= 0.3 is 0 Å².